The first-order chi connectivity index (χ1) is 9.16. The molecule has 2 saturated heterocycles. The SMILES string of the molecule is CC(C)NCC(C)N1CCC(N2CCCCC2)CC1. The van der Waals surface area contributed by atoms with E-state index in [1.54, 1.807) is 0 Å². The van der Waals surface area contributed by atoms with E-state index < -0.39 is 0 Å². The Bertz CT molecular complexity index is 240. The predicted octanol–water partition coefficient (Wildman–Crippen LogP) is 2.32. The van der Waals surface area contributed by atoms with Crippen molar-refractivity contribution in [2.24, 2.45) is 0 Å². The minimum Gasteiger partial charge on any atom is -0.313 e. The molecule has 0 amide bonds. The molecule has 3 nitrogen and oxygen atoms in total. The van der Waals surface area contributed by atoms with Crippen LogP contribution in [0.1, 0.15) is 52.9 Å². The summed E-state index contributed by atoms with van der Waals surface area (Å²) in [7, 11) is 0. The van der Waals surface area contributed by atoms with Crippen molar-refractivity contribution >= 4 is 0 Å². The molecule has 2 aliphatic heterocycles. The first-order valence-corrected chi connectivity index (χ1v) is 8.38. The van der Waals surface area contributed by atoms with Gasteiger partial charge in [0.25, 0.3) is 0 Å². The summed E-state index contributed by atoms with van der Waals surface area (Å²) in [5, 5.41) is 3.57. The van der Waals surface area contributed by atoms with E-state index in [0.29, 0.717) is 12.1 Å². The van der Waals surface area contributed by atoms with Gasteiger partial charge in [0.15, 0.2) is 0 Å². The quantitative estimate of drug-likeness (QED) is 0.825. The molecule has 1 unspecified atom stereocenters. The van der Waals surface area contributed by atoms with Crippen LogP contribution < -0.4 is 5.32 Å². The summed E-state index contributed by atoms with van der Waals surface area (Å²) in [5.74, 6) is 0. The first-order valence-electron chi connectivity index (χ1n) is 8.38. The fourth-order valence-electron chi connectivity index (χ4n) is 3.51. The fraction of sp³-hybridized carbons (Fsp3) is 1.00. The fourth-order valence-corrected chi connectivity index (χ4v) is 3.51. The normalized spacial score (nSPS) is 25.9. The maximum Gasteiger partial charge on any atom is 0.0192 e. The summed E-state index contributed by atoms with van der Waals surface area (Å²) in [4.78, 5) is 5.44. The third-order valence-electron chi connectivity index (χ3n) is 4.85. The number of rotatable bonds is 5. The van der Waals surface area contributed by atoms with Crippen molar-refractivity contribution in [2.45, 2.75) is 71.0 Å². The van der Waals surface area contributed by atoms with E-state index in [1.165, 1.54) is 58.3 Å². The number of piperidine rings is 2. The van der Waals surface area contributed by atoms with E-state index in [9.17, 15) is 0 Å². The second kappa shape index (κ2) is 7.61. The Hall–Kier alpha value is -0.120. The zero-order chi connectivity index (χ0) is 13.7. The van der Waals surface area contributed by atoms with Crippen LogP contribution in [0.5, 0.6) is 0 Å². The van der Waals surface area contributed by atoms with E-state index in [2.05, 4.69) is 35.9 Å². The van der Waals surface area contributed by atoms with Gasteiger partial charge in [-0.3, -0.25) is 4.90 Å². The Morgan fingerprint density at radius 1 is 0.947 bits per heavy atom. The van der Waals surface area contributed by atoms with Crippen LogP contribution in [0.15, 0.2) is 0 Å². The number of hydrogen-bond acceptors (Lipinski definition) is 3. The van der Waals surface area contributed by atoms with Gasteiger partial charge in [-0.15, -0.1) is 0 Å². The molecule has 2 heterocycles. The summed E-state index contributed by atoms with van der Waals surface area (Å²) in [6.07, 6.45) is 7.06. The van der Waals surface area contributed by atoms with Crippen molar-refractivity contribution in [3.05, 3.63) is 0 Å². The van der Waals surface area contributed by atoms with Crippen LogP contribution in [0.25, 0.3) is 0 Å². The van der Waals surface area contributed by atoms with Gasteiger partial charge in [-0.05, 0) is 58.8 Å². The smallest absolute Gasteiger partial charge is 0.0192 e. The summed E-state index contributed by atoms with van der Waals surface area (Å²) in [6.45, 7) is 13.3. The van der Waals surface area contributed by atoms with Crippen LogP contribution in [-0.2, 0) is 0 Å². The molecular weight excluding hydrogens is 234 g/mol. The van der Waals surface area contributed by atoms with Crippen molar-refractivity contribution in [1.82, 2.24) is 15.1 Å². The number of nitrogens with zero attached hydrogens (tertiary/aromatic N) is 2. The number of hydrogen-bond donors (Lipinski definition) is 1. The van der Waals surface area contributed by atoms with Crippen molar-refractivity contribution < 1.29 is 0 Å². The van der Waals surface area contributed by atoms with Crippen LogP contribution in [-0.4, -0.2) is 60.6 Å². The first kappa shape index (κ1) is 15.3. The maximum atomic E-state index is 3.57. The second-order valence-corrected chi connectivity index (χ2v) is 6.78. The van der Waals surface area contributed by atoms with Gasteiger partial charge in [-0.25, -0.2) is 0 Å². The second-order valence-electron chi connectivity index (χ2n) is 6.78. The van der Waals surface area contributed by atoms with Crippen LogP contribution >= 0.6 is 0 Å². The molecule has 2 aliphatic rings. The Morgan fingerprint density at radius 3 is 2.16 bits per heavy atom. The highest BCUT2D eigenvalue weighted by Crippen LogP contribution is 2.21. The highest BCUT2D eigenvalue weighted by atomic mass is 15.2. The molecular formula is C16H33N3. The molecule has 2 rings (SSSR count). The van der Waals surface area contributed by atoms with E-state index in [4.69, 9.17) is 0 Å². The van der Waals surface area contributed by atoms with Crippen molar-refractivity contribution in [3.8, 4) is 0 Å². The van der Waals surface area contributed by atoms with Crippen molar-refractivity contribution in [2.75, 3.05) is 32.7 Å². The molecule has 3 heteroatoms. The lowest BCUT2D eigenvalue weighted by atomic mass is 9.99. The lowest BCUT2D eigenvalue weighted by molar-refractivity contribution is 0.0753. The minimum absolute atomic E-state index is 0.605. The van der Waals surface area contributed by atoms with Gasteiger partial charge < -0.3 is 10.2 Å². The topological polar surface area (TPSA) is 18.5 Å². The van der Waals surface area contributed by atoms with Crippen LogP contribution in [0, 0.1) is 0 Å². The summed E-state index contributed by atoms with van der Waals surface area (Å²) in [6, 6.07) is 2.17. The van der Waals surface area contributed by atoms with E-state index in [0.717, 1.165) is 12.6 Å². The summed E-state index contributed by atoms with van der Waals surface area (Å²) >= 11 is 0. The van der Waals surface area contributed by atoms with Gasteiger partial charge in [-0.1, -0.05) is 20.3 Å². The van der Waals surface area contributed by atoms with Crippen LogP contribution in [0.2, 0.25) is 0 Å². The molecule has 2 fully saturated rings. The molecule has 0 aromatic rings. The average Bonchev–Trinajstić information content (AvgIpc) is 2.46. The summed E-state index contributed by atoms with van der Waals surface area (Å²) in [5.41, 5.74) is 0. The van der Waals surface area contributed by atoms with Gasteiger partial charge in [0.2, 0.25) is 0 Å². The zero-order valence-corrected chi connectivity index (χ0v) is 13.2. The van der Waals surface area contributed by atoms with E-state index in [1.807, 2.05) is 0 Å². The predicted molar refractivity (Wildman–Crippen MR) is 82.6 cm³/mol. The Morgan fingerprint density at radius 2 is 1.58 bits per heavy atom. The van der Waals surface area contributed by atoms with Crippen molar-refractivity contribution in [1.29, 1.82) is 0 Å². The Labute approximate surface area is 119 Å². The monoisotopic (exact) mass is 267 g/mol. The minimum atomic E-state index is 0.605. The summed E-state index contributed by atoms with van der Waals surface area (Å²) < 4.78 is 0. The van der Waals surface area contributed by atoms with Crippen molar-refractivity contribution in [3.63, 3.8) is 0 Å². The molecule has 0 aromatic heterocycles. The number of likely N-dealkylation sites (tertiary alicyclic amines) is 2. The van der Waals surface area contributed by atoms with Gasteiger partial charge >= 0.3 is 0 Å². The molecule has 0 aromatic carbocycles. The maximum absolute atomic E-state index is 3.57. The molecule has 0 bridgehead atoms. The molecule has 0 spiro atoms. The van der Waals surface area contributed by atoms with Gasteiger partial charge in [-0.2, -0.15) is 0 Å². The van der Waals surface area contributed by atoms with Gasteiger partial charge in [0, 0.05) is 24.7 Å². The van der Waals surface area contributed by atoms with E-state index >= 15 is 0 Å². The van der Waals surface area contributed by atoms with E-state index in [-0.39, 0.29) is 0 Å². The Kier molecular flexibility index (Phi) is 6.11. The molecule has 0 aliphatic carbocycles. The third kappa shape index (κ3) is 4.73. The lowest BCUT2D eigenvalue weighted by Gasteiger charge is -2.42. The number of nitrogens with one attached hydrogen (secondary N) is 1. The highest BCUT2D eigenvalue weighted by Gasteiger charge is 2.27. The molecule has 1 atom stereocenters. The molecule has 0 saturated carbocycles. The van der Waals surface area contributed by atoms with Crippen LogP contribution in [0.4, 0.5) is 0 Å². The standard InChI is InChI=1S/C16H33N3/c1-14(2)17-13-15(3)18-11-7-16(8-12-18)19-9-5-4-6-10-19/h14-17H,4-13H2,1-3H3. The zero-order valence-electron chi connectivity index (χ0n) is 13.2. The average molecular weight is 267 g/mol. The largest absolute Gasteiger partial charge is 0.313 e. The van der Waals surface area contributed by atoms with Gasteiger partial charge in [0.05, 0.1) is 0 Å². The van der Waals surface area contributed by atoms with Gasteiger partial charge in [0.1, 0.15) is 0 Å². The lowest BCUT2D eigenvalue weighted by Crippen LogP contribution is -2.51. The highest BCUT2D eigenvalue weighted by molar-refractivity contribution is 4.84. The molecule has 112 valence electrons. The Balaban J connectivity index is 1.69. The third-order valence-corrected chi connectivity index (χ3v) is 4.85. The molecule has 19 heavy (non-hydrogen) atoms. The molecule has 1 N–H and O–H groups in total. The van der Waals surface area contributed by atoms with Crippen LogP contribution in [0.3, 0.4) is 0 Å². The molecule has 0 radical (unpaired) electrons.